The quantitative estimate of drug-likeness (QED) is 0.729. The van der Waals surface area contributed by atoms with Crippen LogP contribution in [0.15, 0.2) is 0 Å². The van der Waals surface area contributed by atoms with Gasteiger partial charge in [0.05, 0.1) is 18.8 Å². The maximum atomic E-state index is 12.2. The van der Waals surface area contributed by atoms with Crippen LogP contribution in [0.3, 0.4) is 0 Å². The standard InChI is InChI=1S/C10H20N2O4S/c1-9(2)10(13)7-12(8-10)17(14,15)11-3-5-16-6-4-11/h9,13H,3-8H2,1-2H3. The molecule has 0 aliphatic carbocycles. The summed E-state index contributed by atoms with van der Waals surface area (Å²) in [6.07, 6.45) is 0. The zero-order chi connectivity index (χ0) is 12.7. The van der Waals surface area contributed by atoms with Crippen molar-refractivity contribution in [2.24, 2.45) is 5.92 Å². The average Bonchev–Trinajstić information content (AvgIpc) is 2.25. The number of aliphatic hydroxyl groups is 1. The van der Waals surface area contributed by atoms with Crippen LogP contribution in [0.4, 0.5) is 0 Å². The van der Waals surface area contributed by atoms with E-state index in [-0.39, 0.29) is 19.0 Å². The summed E-state index contributed by atoms with van der Waals surface area (Å²) in [6, 6.07) is 0. The van der Waals surface area contributed by atoms with Gasteiger partial charge >= 0.3 is 0 Å². The molecule has 2 saturated heterocycles. The van der Waals surface area contributed by atoms with E-state index in [1.807, 2.05) is 13.8 Å². The summed E-state index contributed by atoms with van der Waals surface area (Å²) in [5, 5.41) is 10.1. The Balaban J connectivity index is 1.99. The Morgan fingerprint density at radius 1 is 1.18 bits per heavy atom. The third-order valence-electron chi connectivity index (χ3n) is 3.60. The first-order valence-electron chi connectivity index (χ1n) is 5.91. The lowest BCUT2D eigenvalue weighted by atomic mass is 9.85. The van der Waals surface area contributed by atoms with Crippen LogP contribution in [-0.4, -0.2) is 67.1 Å². The predicted octanol–water partition coefficient (Wildman–Crippen LogP) is -0.734. The maximum absolute atomic E-state index is 12.2. The first-order chi connectivity index (χ1) is 7.86. The molecule has 0 saturated carbocycles. The number of β-amino-alcohol motifs (C(OH)–C–C–N with tert-alkyl or cyclic N) is 1. The number of ether oxygens (including phenoxy) is 1. The Kier molecular flexibility index (Phi) is 3.48. The number of nitrogens with zero attached hydrogens (tertiary/aromatic N) is 2. The second-order valence-electron chi connectivity index (χ2n) is 5.05. The van der Waals surface area contributed by atoms with E-state index < -0.39 is 15.8 Å². The van der Waals surface area contributed by atoms with Crippen molar-refractivity contribution in [2.75, 3.05) is 39.4 Å². The van der Waals surface area contributed by atoms with Gasteiger partial charge in [0.15, 0.2) is 0 Å². The molecule has 17 heavy (non-hydrogen) atoms. The van der Waals surface area contributed by atoms with Crippen LogP contribution >= 0.6 is 0 Å². The SMILES string of the molecule is CC(C)C1(O)CN(S(=O)(=O)N2CCOCC2)C1. The highest BCUT2D eigenvalue weighted by atomic mass is 32.2. The second kappa shape index (κ2) is 4.47. The molecule has 0 radical (unpaired) electrons. The molecule has 0 spiro atoms. The molecule has 0 aromatic heterocycles. The van der Waals surface area contributed by atoms with E-state index in [1.54, 1.807) is 0 Å². The summed E-state index contributed by atoms with van der Waals surface area (Å²) in [4.78, 5) is 0. The van der Waals surface area contributed by atoms with Crippen LogP contribution < -0.4 is 0 Å². The van der Waals surface area contributed by atoms with E-state index in [0.29, 0.717) is 26.3 Å². The Hall–Kier alpha value is -0.210. The predicted molar refractivity (Wildman–Crippen MR) is 62.7 cm³/mol. The number of hydrogen-bond donors (Lipinski definition) is 1. The normalized spacial score (nSPS) is 27.1. The van der Waals surface area contributed by atoms with Crippen molar-refractivity contribution in [3.05, 3.63) is 0 Å². The fraction of sp³-hybridized carbons (Fsp3) is 1.00. The van der Waals surface area contributed by atoms with Gasteiger partial charge in [0.2, 0.25) is 0 Å². The van der Waals surface area contributed by atoms with Gasteiger partial charge in [-0.25, -0.2) is 0 Å². The van der Waals surface area contributed by atoms with Gasteiger partial charge in [-0.15, -0.1) is 0 Å². The topological polar surface area (TPSA) is 70.1 Å². The van der Waals surface area contributed by atoms with Crippen LogP contribution in [0, 0.1) is 5.92 Å². The summed E-state index contributed by atoms with van der Waals surface area (Å²) in [5.74, 6) is 0.0682. The maximum Gasteiger partial charge on any atom is 0.282 e. The molecular weight excluding hydrogens is 244 g/mol. The van der Waals surface area contributed by atoms with Gasteiger partial charge in [0.25, 0.3) is 10.2 Å². The summed E-state index contributed by atoms with van der Waals surface area (Å²) in [7, 11) is -3.40. The van der Waals surface area contributed by atoms with Crippen molar-refractivity contribution >= 4 is 10.2 Å². The van der Waals surface area contributed by atoms with Gasteiger partial charge in [-0.3, -0.25) is 0 Å². The first-order valence-corrected chi connectivity index (χ1v) is 7.31. The summed E-state index contributed by atoms with van der Waals surface area (Å²) in [5.41, 5.74) is -0.862. The summed E-state index contributed by atoms with van der Waals surface area (Å²) >= 11 is 0. The van der Waals surface area contributed by atoms with Crippen molar-refractivity contribution in [2.45, 2.75) is 19.4 Å². The number of morpholine rings is 1. The van der Waals surface area contributed by atoms with Crippen LogP contribution in [0.5, 0.6) is 0 Å². The molecule has 0 unspecified atom stereocenters. The molecule has 0 bridgehead atoms. The second-order valence-corrected chi connectivity index (χ2v) is 6.97. The Morgan fingerprint density at radius 3 is 2.18 bits per heavy atom. The van der Waals surface area contributed by atoms with Gasteiger partial charge in [-0.1, -0.05) is 13.8 Å². The van der Waals surface area contributed by atoms with Crippen LogP contribution in [-0.2, 0) is 14.9 Å². The lowest BCUT2D eigenvalue weighted by Crippen LogP contribution is -2.68. The third-order valence-corrected chi connectivity index (χ3v) is 5.53. The molecular formula is C10H20N2O4S. The van der Waals surface area contributed by atoms with E-state index in [1.165, 1.54) is 8.61 Å². The minimum absolute atomic E-state index is 0.0682. The van der Waals surface area contributed by atoms with Crippen molar-refractivity contribution in [3.63, 3.8) is 0 Å². The molecule has 2 fully saturated rings. The molecule has 0 atom stereocenters. The largest absolute Gasteiger partial charge is 0.387 e. The van der Waals surface area contributed by atoms with Crippen LogP contribution in [0.2, 0.25) is 0 Å². The fourth-order valence-electron chi connectivity index (χ4n) is 2.03. The minimum atomic E-state index is -3.40. The lowest BCUT2D eigenvalue weighted by Gasteiger charge is -2.49. The smallest absolute Gasteiger partial charge is 0.282 e. The van der Waals surface area contributed by atoms with Gasteiger partial charge < -0.3 is 9.84 Å². The zero-order valence-electron chi connectivity index (χ0n) is 10.3. The molecule has 0 aromatic rings. The van der Waals surface area contributed by atoms with Gasteiger partial charge in [-0.2, -0.15) is 17.0 Å². The van der Waals surface area contributed by atoms with E-state index in [9.17, 15) is 13.5 Å². The molecule has 100 valence electrons. The van der Waals surface area contributed by atoms with E-state index in [4.69, 9.17) is 4.74 Å². The first kappa shape index (κ1) is 13.2. The van der Waals surface area contributed by atoms with Gasteiger partial charge in [0, 0.05) is 26.2 Å². The molecule has 0 amide bonds. The lowest BCUT2D eigenvalue weighted by molar-refractivity contribution is -0.0957. The Morgan fingerprint density at radius 2 is 1.71 bits per heavy atom. The monoisotopic (exact) mass is 264 g/mol. The minimum Gasteiger partial charge on any atom is -0.387 e. The fourth-order valence-corrected chi connectivity index (χ4v) is 3.74. The number of hydrogen-bond acceptors (Lipinski definition) is 4. The van der Waals surface area contributed by atoms with Crippen molar-refractivity contribution in [1.29, 1.82) is 0 Å². The molecule has 7 heteroatoms. The molecule has 2 aliphatic heterocycles. The van der Waals surface area contributed by atoms with Crippen LogP contribution in [0.25, 0.3) is 0 Å². The molecule has 2 aliphatic rings. The third kappa shape index (κ3) is 2.34. The average molecular weight is 264 g/mol. The molecule has 2 rings (SSSR count). The van der Waals surface area contributed by atoms with E-state index >= 15 is 0 Å². The molecule has 6 nitrogen and oxygen atoms in total. The van der Waals surface area contributed by atoms with E-state index in [0.717, 1.165) is 0 Å². The molecule has 2 heterocycles. The zero-order valence-corrected chi connectivity index (χ0v) is 11.1. The summed E-state index contributed by atoms with van der Waals surface area (Å²) in [6.45, 7) is 5.90. The van der Waals surface area contributed by atoms with Crippen LogP contribution in [0.1, 0.15) is 13.8 Å². The molecule has 1 N–H and O–H groups in total. The van der Waals surface area contributed by atoms with E-state index in [2.05, 4.69) is 0 Å². The van der Waals surface area contributed by atoms with Crippen molar-refractivity contribution in [3.8, 4) is 0 Å². The Labute approximate surface area is 102 Å². The van der Waals surface area contributed by atoms with Crippen molar-refractivity contribution < 1.29 is 18.3 Å². The molecule has 0 aromatic carbocycles. The highest BCUT2D eigenvalue weighted by molar-refractivity contribution is 7.86. The Bertz CT molecular complexity index is 370. The summed E-state index contributed by atoms with van der Waals surface area (Å²) < 4.78 is 32.2. The highest BCUT2D eigenvalue weighted by Crippen LogP contribution is 2.31. The van der Waals surface area contributed by atoms with Crippen molar-refractivity contribution in [1.82, 2.24) is 8.61 Å². The van der Waals surface area contributed by atoms with Gasteiger partial charge in [0.1, 0.15) is 0 Å². The highest BCUT2D eigenvalue weighted by Gasteiger charge is 2.50. The van der Waals surface area contributed by atoms with Gasteiger partial charge in [-0.05, 0) is 5.92 Å². The number of rotatable bonds is 3.